The molecule has 2 N–H and O–H groups in total. The Labute approximate surface area is 209 Å². The summed E-state index contributed by atoms with van der Waals surface area (Å²) in [6.07, 6.45) is 16.4. The van der Waals surface area contributed by atoms with Crippen LogP contribution in [-0.2, 0) is 11.8 Å². The highest BCUT2D eigenvalue weighted by molar-refractivity contribution is 7.99. The molecule has 33 heavy (non-hydrogen) atoms. The Balaban J connectivity index is 0.00000259. The van der Waals surface area contributed by atoms with Crippen LogP contribution in [0.15, 0.2) is 17.6 Å². The van der Waals surface area contributed by atoms with Gasteiger partial charge in [-0.25, -0.2) is 4.98 Å². The minimum absolute atomic E-state index is 0. The van der Waals surface area contributed by atoms with Gasteiger partial charge in [0.1, 0.15) is 0 Å². The fourth-order valence-corrected chi connectivity index (χ4v) is 9.37. The smallest absolute Gasteiger partial charge is 0.230 e. The molecule has 0 spiro atoms. The molecular weight excluding hydrogens is 454 g/mol. The van der Waals surface area contributed by atoms with Gasteiger partial charge in [0, 0.05) is 31.4 Å². The number of aromatic nitrogens is 2. The van der Waals surface area contributed by atoms with Crippen LogP contribution >= 0.6 is 24.2 Å². The zero-order valence-electron chi connectivity index (χ0n) is 20.5. The number of aryl methyl sites for hydroxylation is 1. The average Bonchev–Trinajstić information content (AvgIpc) is 3.30. The molecule has 0 aromatic carbocycles. The first kappa shape index (κ1) is 25.4. The Morgan fingerprint density at radius 1 is 1.15 bits per heavy atom. The Hall–Kier alpha value is -0.720. The second-order valence-electron chi connectivity index (χ2n) is 11.8. The van der Waals surface area contributed by atoms with Crippen LogP contribution in [0.3, 0.4) is 0 Å². The van der Waals surface area contributed by atoms with Crippen LogP contribution in [0.5, 0.6) is 0 Å². The maximum absolute atomic E-state index is 12.6. The summed E-state index contributed by atoms with van der Waals surface area (Å²) >= 11 is 1.45. The molecule has 186 valence electrons. The standard InChI is InChI=1S/C26H41N3O2S.ClH/c1-24-11-5-4-6-18(24)7-8-19-20(24)9-12-25(2)21(19)10-13-26(25,31)17-28-22(30)16-32-23-27-14-15-29(23)3;/h14-15,18-21,31H,4-13,16-17H2,1-3H3,(H,28,30);1H/t18?,19?,20?,21?,24-,25-,26+;/m0./s1. The lowest BCUT2D eigenvalue weighted by atomic mass is 9.44. The van der Waals surface area contributed by atoms with E-state index in [2.05, 4.69) is 24.1 Å². The van der Waals surface area contributed by atoms with E-state index >= 15 is 0 Å². The van der Waals surface area contributed by atoms with Gasteiger partial charge in [0.2, 0.25) is 5.91 Å². The molecule has 1 amide bonds. The molecule has 5 rings (SSSR count). The summed E-state index contributed by atoms with van der Waals surface area (Å²) in [5, 5.41) is 15.8. The summed E-state index contributed by atoms with van der Waals surface area (Å²) in [5.74, 6) is 3.46. The topological polar surface area (TPSA) is 67.2 Å². The molecule has 4 saturated carbocycles. The number of imidazole rings is 1. The summed E-state index contributed by atoms with van der Waals surface area (Å²) in [5.41, 5.74) is -0.331. The number of nitrogens with one attached hydrogen (secondary N) is 1. The van der Waals surface area contributed by atoms with Crippen molar-refractivity contribution in [2.45, 2.75) is 88.8 Å². The third kappa shape index (κ3) is 4.16. The molecule has 0 aliphatic heterocycles. The van der Waals surface area contributed by atoms with Crippen LogP contribution in [-0.4, -0.2) is 38.5 Å². The lowest BCUT2D eigenvalue weighted by Crippen LogP contribution is -2.58. The van der Waals surface area contributed by atoms with E-state index in [0.717, 1.165) is 42.2 Å². The van der Waals surface area contributed by atoms with Crippen LogP contribution < -0.4 is 5.32 Å². The van der Waals surface area contributed by atoms with Crippen molar-refractivity contribution in [3.8, 4) is 0 Å². The maximum Gasteiger partial charge on any atom is 0.230 e. The van der Waals surface area contributed by atoms with Gasteiger partial charge < -0.3 is 15.0 Å². The first-order chi connectivity index (χ1) is 15.3. The van der Waals surface area contributed by atoms with Crippen molar-refractivity contribution < 1.29 is 9.90 Å². The van der Waals surface area contributed by atoms with Gasteiger partial charge >= 0.3 is 0 Å². The summed E-state index contributed by atoms with van der Waals surface area (Å²) in [4.78, 5) is 16.8. The first-order valence-electron chi connectivity index (χ1n) is 12.9. The van der Waals surface area contributed by atoms with Gasteiger partial charge in [-0.15, -0.1) is 12.4 Å². The quantitative estimate of drug-likeness (QED) is 0.550. The van der Waals surface area contributed by atoms with E-state index in [1.54, 1.807) is 6.20 Å². The van der Waals surface area contributed by atoms with E-state index in [4.69, 9.17) is 0 Å². The highest BCUT2D eigenvalue weighted by Gasteiger charge is 2.64. The second-order valence-corrected chi connectivity index (χ2v) is 12.8. The monoisotopic (exact) mass is 495 g/mol. The van der Waals surface area contributed by atoms with Crippen molar-refractivity contribution in [1.82, 2.24) is 14.9 Å². The number of rotatable bonds is 5. The number of thioether (sulfide) groups is 1. The largest absolute Gasteiger partial charge is 0.387 e. The van der Waals surface area contributed by atoms with Crippen LogP contribution in [0.2, 0.25) is 0 Å². The molecule has 4 fully saturated rings. The fourth-order valence-electron chi connectivity index (χ4n) is 8.61. The van der Waals surface area contributed by atoms with Crippen molar-refractivity contribution in [3.05, 3.63) is 12.4 Å². The third-order valence-corrected chi connectivity index (χ3v) is 11.7. The SMILES string of the molecule is Cl.Cn1ccnc1SCC(=O)NC[C@]1(O)CCC2C3CCC4CCCC[C@]4(C)C3CC[C@@]21C. The normalized spacial score (nSPS) is 41.9. The molecule has 7 atom stereocenters. The average molecular weight is 496 g/mol. The number of aliphatic hydroxyl groups is 1. The van der Waals surface area contributed by atoms with Gasteiger partial charge in [0.15, 0.2) is 5.16 Å². The summed E-state index contributed by atoms with van der Waals surface area (Å²) < 4.78 is 1.92. The zero-order valence-corrected chi connectivity index (χ0v) is 22.1. The van der Waals surface area contributed by atoms with E-state index in [0.29, 0.717) is 23.6 Å². The predicted octanol–water partition coefficient (Wildman–Crippen LogP) is 5.21. The molecule has 1 aromatic heterocycles. The fraction of sp³-hybridized carbons (Fsp3) is 0.846. The molecule has 1 aromatic rings. The molecule has 7 heteroatoms. The number of halogens is 1. The van der Waals surface area contributed by atoms with Crippen LogP contribution in [0.25, 0.3) is 0 Å². The number of carbonyl (C=O) groups is 1. The zero-order chi connectivity index (χ0) is 22.6. The molecule has 4 aliphatic carbocycles. The molecule has 4 aliphatic rings. The molecule has 0 saturated heterocycles. The van der Waals surface area contributed by atoms with Gasteiger partial charge in [-0.2, -0.15) is 0 Å². The summed E-state index contributed by atoms with van der Waals surface area (Å²) in [6, 6.07) is 0. The van der Waals surface area contributed by atoms with Gasteiger partial charge in [0.25, 0.3) is 0 Å². The number of fused-ring (bicyclic) bond motifs is 5. The maximum atomic E-state index is 12.6. The van der Waals surface area contributed by atoms with Crippen LogP contribution in [0.1, 0.15) is 78.1 Å². The number of amides is 1. The Morgan fingerprint density at radius 2 is 1.94 bits per heavy atom. The van der Waals surface area contributed by atoms with Crippen molar-refractivity contribution in [2.24, 2.45) is 41.5 Å². The van der Waals surface area contributed by atoms with Crippen LogP contribution in [0.4, 0.5) is 0 Å². The highest BCUT2D eigenvalue weighted by atomic mass is 35.5. The van der Waals surface area contributed by atoms with Crippen molar-refractivity contribution in [2.75, 3.05) is 12.3 Å². The number of nitrogens with zero attached hydrogens (tertiary/aromatic N) is 2. The molecule has 0 radical (unpaired) electrons. The molecule has 5 nitrogen and oxygen atoms in total. The Kier molecular flexibility index (Phi) is 7.22. The minimum atomic E-state index is -0.781. The molecule has 4 unspecified atom stereocenters. The minimum Gasteiger partial charge on any atom is -0.387 e. The number of hydrogen-bond acceptors (Lipinski definition) is 4. The van der Waals surface area contributed by atoms with E-state index in [1.807, 2.05) is 17.8 Å². The molecular formula is C26H42ClN3O2S. The lowest BCUT2D eigenvalue weighted by molar-refractivity contribution is -0.151. The van der Waals surface area contributed by atoms with E-state index in [-0.39, 0.29) is 23.7 Å². The summed E-state index contributed by atoms with van der Waals surface area (Å²) in [7, 11) is 1.94. The summed E-state index contributed by atoms with van der Waals surface area (Å²) in [6.45, 7) is 5.33. The molecule has 0 bridgehead atoms. The Bertz CT molecular complexity index is 864. The van der Waals surface area contributed by atoms with Gasteiger partial charge in [-0.3, -0.25) is 4.79 Å². The number of hydrogen-bond donors (Lipinski definition) is 2. The van der Waals surface area contributed by atoms with Gasteiger partial charge in [0.05, 0.1) is 11.4 Å². The van der Waals surface area contributed by atoms with E-state index in [1.165, 1.54) is 56.7 Å². The Morgan fingerprint density at radius 3 is 2.70 bits per heavy atom. The van der Waals surface area contributed by atoms with Crippen molar-refractivity contribution in [3.63, 3.8) is 0 Å². The van der Waals surface area contributed by atoms with Gasteiger partial charge in [-0.1, -0.05) is 38.5 Å². The second kappa shape index (κ2) is 9.39. The third-order valence-electron chi connectivity index (χ3n) is 10.6. The number of carbonyl (C=O) groups excluding carboxylic acids is 1. The van der Waals surface area contributed by atoms with E-state index < -0.39 is 5.60 Å². The van der Waals surface area contributed by atoms with Crippen LogP contribution in [0, 0.1) is 34.5 Å². The molecule has 1 heterocycles. The van der Waals surface area contributed by atoms with Crippen molar-refractivity contribution >= 4 is 30.1 Å². The van der Waals surface area contributed by atoms with Crippen molar-refractivity contribution in [1.29, 1.82) is 0 Å². The highest BCUT2D eigenvalue weighted by Crippen LogP contribution is 2.68. The van der Waals surface area contributed by atoms with E-state index in [9.17, 15) is 9.90 Å². The lowest BCUT2D eigenvalue weighted by Gasteiger charge is -2.61. The first-order valence-corrected chi connectivity index (χ1v) is 13.8. The predicted molar refractivity (Wildman–Crippen MR) is 135 cm³/mol. The van der Waals surface area contributed by atoms with Gasteiger partial charge in [-0.05, 0) is 80.5 Å².